The summed E-state index contributed by atoms with van der Waals surface area (Å²) < 4.78 is 2.00. The second kappa shape index (κ2) is 4.73. The highest BCUT2D eigenvalue weighted by molar-refractivity contribution is 5.81. The molecule has 96 valence electrons. The Hall–Kier alpha value is -1.35. The van der Waals surface area contributed by atoms with Gasteiger partial charge in [0.1, 0.15) is 0 Å². The molecule has 3 heteroatoms. The van der Waals surface area contributed by atoms with Crippen LogP contribution in [0.15, 0.2) is 24.3 Å². The smallest absolute Gasteiger partial charge is 0.0718 e. The first kappa shape index (κ1) is 11.7. The van der Waals surface area contributed by atoms with Gasteiger partial charge in [0.15, 0.2) is 0 Å². The SMILES string of the molecule is CC1CCNC(Cc2nn(C)c3ccccc23)C1. The molecule has 2 atom stereocenters. The fourth-order valence-corrected chi connectivity index (χ4v) is 3.05. The second-order valence-electron chi connectivity index (χ2n) is 5.57. The Morgan fingerprint density at radius 3 is 3.06 bits per heavy atom. The molecule has 0 aliphatic carbocycles. The van der Waals surface area contributed by atoms with Crippen LogP contribution in [0.4, 0.5) is 0 Å². The van der Waals surface area contributed by atoms with Crippen LogP contribution in [-0.2, 0) is 13.5 Å². The minimum absolute atomic E-state index is 0.590. The topological polar surface area (TPSA) is 29.9 Å². The Balaban J connectivity index is 1.86. The van der Waals surface area contributed by atoms with E-state index in [0.29, 0.717) is 6.04 Å². The maximum atomic E-state index is 4.69. The lowest BCUT2D eigenvalue weighted by Gasteiger charge is -2.27. The second-order valence-corrected chi connectivity index (χ2v) is 5.57. The van der Waals surface area contributed by atoms with Crippen molar-refractivity contribution in [1.82, 2.24) is 15.1 Å². The number of fused-ring (bicyclic) bond motifs is 1. The van der Waals surface area contributed by atoms with E-state index in [2.05, 4.69) is 41.6 Å². The number of aromatic nitrogens is 2. The number of nitrogens with zero attached hydrogens (tertiary/aromatic N) is 2. The van der Waals surface area contributed by atoms with Crippen molar-refractivity contribution < 1.29 is 0 Å². The van der Waals surface area contributed by atoms with Crippen LogP contribution in [0, 0.1) is 5.92 Å². The van der Waals surface area contributed by atoms with Crippen molar-refractivity contribution in [3.63, 3.8) is 0 Å². The average molecular weight is 243 g/mol. The standard InChI is InChI=1S/C15H21N3/c1-11-7-8-16-12(9-11)10-14-13-5-3-4-6-15(13)18(2)17-14/h3-6,11-12,16H,7-10H2,1-2H3. The largest absolute Gasteiger partial charge is 0.314 e. The number of benzene rings is 1. The van der Waals surface area contributed by atoms with E-state index < -0.39 is 0 Å². The molecular formula is C15H21N3. The molecule has 1 aliphatic rings. The number of aryl methyl sites for hydroxylation is 1. The summed E-state index contributed by atoms with van der Waals surface area (Å²) in [5.41, 5.74) is 2.47. The number of hydrogen-bond donors (Lipinski definition) is 1. The Kier molecular flexibility index (Phi) is 3.08. The number of piperidine rings is 1. The molecule has 1 aromatic heterocycles. The Morgan fingerprint density at radius 2 is 2.22 bits per heavy atom. The average Bonchev–Trinajstić information content (AvgIpc) is 2.67. The molecular weight excluding hydrogens is 222 g/mol. The van der Waals surface area contributed by atoms with E-state index in [-0.39, 0.29) is 0 Å². The van der Waals surface area contributed by atoms with Crippen LogP contribution >= 0.6 is 0 Å². The van der Waals surface area contributed by atoms with Gasteiger partial charge in [-0.3, -0.25) is 4.68 Å². The Bertz CT molecular complexity index is 544. The zero-order chi connectivity index (χ0) is 12.5. The van der Waals surface area contributed by atoms with Crippen molar-refractivity contribution in [3.05, 3.63) is 30.0 Å². The maximum absolute atomic E-state index is 4.69. The molecule has 1 aromatic carbocycles. The van der Waals surface area contributed by atoms with E-state index in [0.717, 1.165) is 18.9 Å². The highest BCUT2D eigenvalue weighted by Gasteiger charge is 2.20. The maximum Gasteiger partial charge on any atom is 0.0718 e. The lowest BCUT2D eigenvalue weighted by Crippen LogP contribution is -2.38. The van der Waals surface area contributed by atoms with E-state index in [1.807, 2.05) is 11.7 Å². The molecule has 3 nitrogen and oxygen atoms in total. The zero-order valence-corrected chi connectivity index (χ0v) is 11.2. The summed E-state index contributed by atoms with van der Waals surface area (Å²) in [6.45, 7) is 3.50. The quantitative estimate of drug-likeness (QED) is 0.878. The number of para-hydroxylation sites is 1. The highest BCUT2D eigenvalue weighted by atomic mass is 15.3. The summed E-state index contributed by atoms with van der Waals surface area (Å²) in [6, 6.07) is 9.10. The molecule has 2 aromatic rings. The van der Waals surface area contributed by atoms with Crippen molar-refractivity contribution in [2.45, 2.75) is 32.2 Å². The fourth-order valence-electron chi connectivity index (χ4n) is 3.05. The van der Waals surface area contributed by atoms with Crippen LogP contribution in [0.2, 0.25) is 0 Å². The van der Waals surface area contributed by atoms with Gasteiger partial charge in [0, 0.05) is 24.9 Å². The normalized spacial score (nSPS) is 24.6. The summed E-state index contributed by atoms with van der Waals surface area (Å²) in [5.74, 6) is 0.839. The zero-order valence-electron chi connectivity index (χ0n) is 11.2. The highest BCUT2D eigenvalue weighted by Crippen LogP contribution is 2.22. The van der Waals surface area contributed by atoms with Gasteiger partial charge in [0.2, 0.25) is 0 Å². The monoisotopic (exact) mass is 243 g/mol. The third kappa shape index (κ3) is 2.15. The molecule has 1 fully saturated rings. The van der Waals surface area contributed by atoms with Gasteiger partial charge in [0.05, 0.1) is 11.2 Å². The molecule has 2 heterocycles. The summed E-state index contributed by atoms with van der Waals surface area (Å²) in [5, 5.41) is 9.61. The van der Waals surface area contributed by atoms with Crippen LogP contribution in [-0.4, -0.2) is 22.4 Å². The van der Waals surface area contributed by atoms with Gasteiger partial charge in [-0.25, -0.2) is 0 Å². The molecule has 1 aliphatic heterocycles. The third-order valence-electron chi connectivity index (χ3n) is 4.03. The lowest BCUT2D eigenvalue weighted by molar-refractivity contribution is 0.317. The van der Waals surface area contributed by atoms with E-state index in [1.165, 1.54) is 29.4 Å². The molecule has 2 unspecified atom stereocenters. The van der Waals surface area contributed by atoms with Crippen LogP contribution < -0.4 is 5.32 Å². The van der Waals surface area contributed by atoms with E-state index in [4.69, 9.17) is 0 Å². The van der Waals surface area contributed by atoms with Gasteiger partial charge >= 0.3 is 0 Å². The lowest BCUT2D eigenvalue weighted by atomic mass is 9.91. The molecule has 1 N–H and O–H groups in total. The molecule has 0 radical (unpaired) electrons. The Morgan fingerprint density at radius 1 is 1.39 bits per heavy atom. The molecule has 0 amide bonds. The van der Waals surface area contributed by atoms with E-state index in [1.54, 1.807) is 0 Å². The number of nitrogens with one attached hydrogen (secondary N) is 1. The van der Waals surface area contributed by atoms with Crippen molar-refractivity contribution >= 4 is 10.9 Å². The van der Waals surface area contributed by atoms with Gasteiger partial charge in [-0.05, 0) is 31.4 Å². The van der Waals surface area contributed by atoms with Gasteiger partial charge in [-0.15, -0.1) is 0 Å². The minimum atomic E-state index is 0.590. The molecule has 3 rings (SSSR count). The first-order valence-electron chi connectivity index (χ1n) is 6.88. The van der Waals surface area contributed by atoms with Crippen molar-refractivity contribution in [2.24, 2.45) is 13.0 Å². The summed E-state index contributed by atoms with van der Waals surface area (Å²) in [6.07, 6.45) is 3.62. The van der Waals surface area contributed by atoms with Crippen LogP contribution in [0.5, 0.6) is 0 Å². The van der Waals surface area contributed by atoms with Gasteiger partial charge in [-0.1, -0.05) is 25.1 Å². The van der Waals surface area contributed by atoms with Crippen LogP contribution in [0.25, 0.3) is 10.9 Å². The molecule has 0 bridgehead atoms. The fraction of sp³-hybridized carbons (Fsp3) is 0.533. The van der Waals surface area contributed by atoms with E-state index in [9.17, 15) is 0 Å². The first-order valence-corrected chi connectivity index (χ1v) is 6.88. The third-order valence-corrected chi connectivity index (χ3v) is 4.03. The summed E-state index contributed by atoms with van der Waals surface area (Å²) >= 11 is 0. The van der Waals surface area contributed by atoms with Crippen molar-refractivity contribution in [2.75, 3.05) is 6.54 Å². The minimum Gasteiger partial charge on any atom is -0.314 e. The molecule has 0 spiro atoms. The Labute approximate surface area is 108 Å². The molecule has 18 heavy (non-hydrogen) atoms. The van der Waals surface area contributed by atoms with Gasteiger partial charge in [-0.2, -0.15) is 5.10 Å². The number of rotatable bonds is 2. The summed E-state index contributed by atoms with van der Waals surface area (Å²) in [4.78, 5) is 0. The number of hydrogen-bond acceptors (Lipinski definition) is 2. The van der Waals surface area contributed by atoms with Gasteiger partial charge < -0.3 is 5.32 Å². The van der Waals surface area contributed by atoms with Crippen LogP contribution in [0.1, 0.15) is 25.5 Å². The summed E-state index contributed by atoms with van der Waals surface area (Å²) in [7, 11) is 2.03. The predicted octanol–water partition coefficient (Wildman–Crippen LogP) is 2.50. The first-order chi connectivity index (χ1) is 8.74. The van der Waals surface area contributed by atoms with E-state index >= 15 is 0 Å². The molecule has 1 saturated heterocycles. The van der Waals surface area contributed by atoms with Crippen molar-refractivity contribution in [1.29, 1.82) is 0 Å². The van der Waals surface area contributed by atoms with Crippen LogP contribution in [0.3, 0.4) is 0 Å². The predicted molar refractivity (Wildman–Crippen MR) is 74.6 cm³/mol. The van der Waals surface area contributed by atoms with Crippen molar-refractivity contribution in [3.8, 4) is 0 Å². The van der Waals surface area contributed by atoms with Gasteiger partial charge in [0.25, 0.3) is 0 Å². The molecule has 0 saturated carbocycles.